The maximum Gasteiger partial charge on any atom is 0.240 e. The van der Waals surface area contributed by atoms with Gasteiger partial charge in [-0.2, -0.15) is 0 Å². The molecule has 0 radical (unpaired) electrons. The van der Waals surface area contributed by atoms with Crippen molar-refractivity contribution in [3.8, 4) is 5.75 Å². The molecule has 0 bridgehead atoms. The third-order valence-corrected chi connectivity index (χ3v) is 2.55. The summed E-state index contributed by atoms with van der Waals surface area (Å²) in [4.78, 5) is 4.64. The molecule has 86 valence electrons. The van der Waals surface area contributed by atoms with E-state index in [4.69, 9.17) is 9.47 Å². The number of hydrogen-bond acceptors (Lipinski definition) is 3. The molecule has 0 aromatic heterocycles. The van der Waals surface area contributed by atoms with Crippen LogP contribution in [0.1, 0.15) is 20.8 Å². The van der Waals surface area contributed by atoms with Crippen molar-refractivity contribution < 1.29 is 9.47 Å². The van der Waals surface area contributed by atoms with Crippen LogP contribution in [-0.2, 0) is 4.74 Å². The lowest BCUT2D eigenvalue weighted by Crippen LogP contribution is -2.39. The number of nitrogens with zero attached hydrogens (tertiary/aromatic N) is 1. The van der Waals surface area contributed by atoms with Crippen LogP contribution in [0.4, 0.5) is 5.69 Å². The summed E-state index contributed by atoms with van der Waals surface area (Å²) in [5, 5.41) is 0. The molecule has 0 fully saturated rings. The topological polar surface area (TPSA) is 30.8 Å². The van der Waals surface area contributed by atoms with E-state index in [1.54, 1.807) is 7.11 Å². The summed E-state index contributed by atoms with van der Waals surface area (Å²) in [6.07, 6.45) is -0.380. The van der Waals surface area contributed by atoms with E-state index in [-0.39, 0.29) is 11.7 Å². The summed E-state index contributed by atoms with van der Waals surface area (Å²) in [6.45, 7) is 6.32. The Balaban J connectivity index is 2.47. The first-order chi connectivity index (χ1) is 7.52. The Hall–Kier alpha value is -1.35. The quantitative estimate of drug-likeness (QED) is 0.726. The van der Waals surface area contributed by atoms with Crippen molar-refractivity contribution in [2.75, 3.05) is 7.11 Å². The minimum atomic E-state index is -0.380. The van der Waals surface area contributed by atoms with Gasteiger partial charge in [0.15, 0.2) is 0 Å². The number of benzene rings is 1. The lowest BCUT2D eigenvalue weighted by molar-refractivity contribution is -0.00755. The van der Waals surface area contributed by atoms with Crippen LogP contribution in [0.2, 0.25) is 0 Å². The molecule has 3 nitrogen and oxygen atoms in total. The Labute approximate surface area is 96.1 Å². The van der Waals surface area contributed by atoms with Crippen LogP contribution < -0.4 is 4.74 Å². The zero-order chi connectivity index (χ0) is 11.8. The molecule has 0 amide bonds. The summed E-state index contributed by atoms with van der Waals surface area (Å²) in [7, 11) is 1.64. The second-order valence-electron chi connectivity index (χ2n) is 4.90. The van der Waals surface area contributed by atoms with E-state index in [0.717, 1.165) is 17.1 Å². The highest BCUT2D eigenvalue weighted by Gasteiger charge is 2.32. The van der Waals surface area contributed by atoms with Crippen LogP contribution in [0.25, 0.3) is 0 Å². The average Bonchev–Trinajstić information content (AvgIpc) is 2.26. The van der Waals surface area contributed by atoms with Gasteiger partial charge in [-0.05, 0) is 12.1 Å². The van der Waals surface area contributed by atoms with Crippen LogP contribution in [0.15, 0.2) is 29.3 Å². The van der Waals surface area contributed by atoms with Crippen molar-refractivity contribution in [2.24, 2.45) is 10.4 Å². The molecule has 1 unspecified atom stereocenters. The molecule has 0 saturated heterocycles. The van der Waals surface area contributed by atoms with Gasteiger partial charge in [0.2, 0.25) is 6.29 Å². The predicted molar refractivity (Wildman–Crippen MR) is 64.4 cm³/mol. The Morgan fingerprint density at radius 2 is 1.94 bits per heavy atom. The molecule has 1 aliphatic heterocycles. The first-order valence-electron chi connectivity index (χ1n) is 5.40. The van der Waals surface area contributed by atoms with E-state index in [1.807, 2.05) is 24.3 Å². The third-order valence-electron chi connectivity index (χ3n) is 2.55. The predicted octanol–water partition coefficient (Wildman–Crippen LogP) is 3.17. The van der Waals surface area contributed by atoms with Crippen molar-refractivity contribution in [2.45, 2.75) is 27.1 Å². The molecule has 3 heteroatoms. The fourth-order valence-electron chi connectivity index (χ4n) is 1.68. The monoisotopic (exact) mass is 219 g/mol. The van der Waals surface area contributed by atoms with E-state index in [0.29, 0.717) is 0 Å². The molecule has 1 atom stereocenters. The second-order valence-corrected chi connectivity index (χ2v) is 4.90. The van der Waals surface area contributed by atoms with Crippen molar-refractivity contribution >= 4 is 11.4 Å². The van der Waals surface area contributed by atoms with Gasteiger partial charge in [0, 0.05) is 12.5 Å². The largest absolute Gasteiger partial charge is 0.457 e. The van der Waals surface area contributed by atoms with E-state index in [1.165, 1.54) is 0 Å². The van der Waals surface area contributed by atoms with Crippen LogP contribution in [0, 0.1) is 5.41 Å². The maximum absolute atomic E-state index is 5.77. The molecular weight excluding hydrogens is 202 g/mol. The van der Waals surface area contributed by atoms with Gasteiger partial charge in [0.25, 0.3) is 0 Å². The van der Waals surface area contributed by atoms with Crippen molar-refractivity contribution in [1.29, 1.82) is 0 Å². The molecule has 2 rings (SSSR count). The molecule has 0 N–H and O–H groups in total. The average molecular weight is 219 g/mol. The van der Waals surface area contributed by atoms with E-state index in [2.05, 4.69) is 25.8 Å². The van der Waals surface area contributed by atoms with Gasteiger partial charge < -0.3 is 9.47 Å². The normalized spacial score (nSPS) is 19.8. The van der Waals surface area contributed by atoms with Gasteiger partial charge in [-0.3, -0.25) is 0 Å². The highest BCUT2D eigenvalue weighted by molar-refractivity contribution is 5.96. The SMILES string of the molecule is COC1Oc2ccccc2N=C1C(C)(C)C. The zero-order valence-corrected chi connectivity index (χ0v) is 10.2. The molecule has 0 saturated carbocycles. The number of hydrogen-bond donors (Lipinski definition) is 0. The third kappa shape index (κ3) is 1.95. The van der Waals surface area contributed by atoms with Gasteiger partial charge in [-0.15, -0.1) is 0 Å². The van der Waals surface area contributed by atoms with Gasteiger partial charge in [-0.1, -0.05) is 32.9 Å². The van der Waals surface area contributed by atoms with E-state index >= 15 is 0 Å². The zero-order valence-electron chi connectivity index (χ0n) is 10.2. The van der Waals surface area contributed by atoms with Crippen molar-refractivity contribution in [1.82, 2.24) is 0 Å². The summed E-state index contributed by atoms with van der Waals surface area (Å²) < 4.78 is 11.1. The summed E-state index contributed by atoms with van der Waals surface area (Å²) in [5.41, 5.74) is 1.74. The smallest absolute Gasteiger partial charge is 0.240 e. The van der Waals surface area contributed by atoms with E-state index < -0.39 is 0 Å². The molecule has 0 aliphatic carbocycles. The maximum atomic E-state index is 5.77. The highest BCUT2D eigenvalue weighted by Crippen LogP contribution is 2.36. The van der Waals surface area contributed by atoms with Gasteiger partial charge >= 0.3 is 0 Å². The van der Waals surface area contributed by atoms with E-state index in [9.17, 15) is 0 Å². The minimum Gasteiger partial charge on any atom is -0.457 e. The molecule has 1 aliphatic rings. The van der Waals surface area contributed by atoms with Crippen molar-refractivity contribution in [3.63, 3.8) is 0 Å². The first kappa shape index (κ1) is 11.1. The highest BCUT2D eigenvalue weighted by atomic mass is 16.7. The molecule has 1 aromatic rings. The molecular formula is C13H17NO2. The molecule has 1 heterocycles. The molecule has 1 aromatic carbocycles. The van der Waals surface area contributed by atoms with Gasteiger partial charge in [0.1, 0.15) is 11.4 Å². The second kappa shape index (κ2) is 3.91. The lowest BCUT2D eigenvalue weighted by atomic mass is 9.89. The standard InChI is InChI=1S/C13H17NO2/c1-13(2,3)11-12(15-4)16-10-8-6-5-7-9(10)14-11/h5-8,12H,1-4H3. The van der Waals surface area contributed by atoms with Crippen LogP contribution in [0.3, 0.4) is 0 Å². The van der Waals surface area contributed by atoms with Gasteiger partial charge in [0.05, 0.1) is 5.71 Å². The van der Waals surface area contributed by atoms with Crippen LogP contribution in [0.5, 0.6) is 5.75 Å². The summed E-state index contributed by atoms with van der Waals surface area (Å²) in [6, 6.07) is 7.75. The lowest BCUT2D eigenvalue weighted by Gasteiger charge is -2.31. The Morgan fingerprint density at radius 1 is 1.25 bits per heavy atom. The number of para-hydroxylation sites is 2. The Kier molecular flexibility index (Phi) is 2.72. The van der Waals surface area contributed by atoms with Crippen LogP contribution >= 0.6 is 0 Å². The molecule has 16 heavy (non-hydrogen) atoms. The number of aliphatic imine (C=N–C) groups is 1. The fraction of sp³-hybridized carbons (Fsp3) is 0.462. The number of ether oxygens (including phenoxy) is 2. The Bertz CT molecular complexity index is 418. The summed E-state index contributed by atoms with van der Waals surface area (Å²) >= 11 is 0. The number of rotatable bonds is 1. The number of fused-ring (bicyclic) bond motifs is 1. The van der Waals surface area contributed by atoms with Crippen LogP contribution in [-0.4, -0.2) is 19.1 Å². The van der Waals surface area contributed by atoms with Crippen molar-refractivity contribution in [3.05, 3.63) is 24.3 Å². The summed E-state index contributed by atoms with van der Waals surface area (Å²) in [5.74, 6) is 0.780. The van der Waals surface area contributed by atoms with Gasteiger partial charge in [-0.25, -0.2) is 4.99 Å². The Morgan fingerprint density at radius 3 is 2.56 bits per heavy atom. The fourth-order valence-corrected chi connectivity index (χ4v) is 1.68. The molecule has 0 spiro atoms. The first-order valence-corrected chi connectivity index (χ1v) is 5.40. The number of methoxy groups -OCH3 is 1. The minimum absolute atomic E-state index is 0.0613.